The summed E-state index contributed by atoms with van der Waals surface area (Å²) in [6.45, 7) is 1.75. The van der Waals surface area contributed by atoms with E-state index in [0.717, 1.165) is 11.1 Å². The molecule has 1 heterocycles. The second kappa shape index (κ2) is 4.58. The van der Waals surface area contributed by atoms with Gasteiger partial charge in [-0.15, -0.1) is 11.3 Å². The summed E-state index contributed by atoms with van der Waals surface area (Å²) in [4.78, 5) is 15.6. The van der Waals surface area contributed by atoms with Crippen molar-refractivity contribution >= 4 is 22.9 Å². The highest BCUT2D eigenvalue weighted by Crippen LogP contribution is 2.18. The molecule has 0 aliphatic rings. The number of halogens is 2. The van der Waals surface area contributed by atoms with Crippen LogP contribution < -0.4 is 5.32 Å². The molecule has 0 bridgehead atoms. The van der Waals surface area contributed by atoms with E-state index in [1.165, 1.54) is 23.5 Å². The molecule has 17 heavy (non-hydrogen) atoms. The van der Waals surface area contributed by atoms with Crippen LogP contribution in [-0.2, 0) is 0 Å². The van der Waals surface area contributed by atoms with E-state index in [-0.39, 0.29) is 11.4 Å². The molecule has 88 valence electrons. The zero-order valence-electron chi connectivity index (χ0n) is 8.83. The number of rotatable bonds is 2. The van der Waals surface area contributed by atoms with Crippen LogP contribution in [0.2, 0.25) is 0 Å². The highest BCUT2D eigenvalue weighted by atomic mass is 32.1. The fourth-order valence-corrected chi connectivity index (χ4v) is 1.85. The van der Waals surface area contributed by atoms with E-state index in [2.05, 4.69) is 10.3 Å². The number of hydrogen-bond acceptors (Lipinski definition) is 3. The Morgan fingerprint density at radius 1 is 1.41 bits per heavy atom. The molecule has 0 saturated heterocycles. The molecular formula is C11H8F2N2OS. The zero-order valence-corrected chi connectivity index (χ0v) is 9.65. The van der Waals surface area contributed by atoms with Gasteiger partial charge < -0.3 is 5.32 Å². The molecule has 1 amide bonds. The van der Waals surface area contributed by atoms with Crippen LogP contribution in [0.5, 0.6) is 0 Å². The van der Waals surface area contributed by atoms with Crippen molar-refractivity contribution in [1.82, 2.24) is 4.98 Å². The van der Waals surface area contributed by atoms with Crippen LogP contribution in [0.4, 0.5) is 14.5 Å². The number of benzene rings is 1. The Hall–Kier alpha value is -1.82. The third kappa shape index (κ3) is 2.47. The van der Waals surface area contributed by atoms with Gasteiger partial charge in [-0.2, -0.15) is 0 Å². The molecule has 2 aromatic rings. The second-order valence-electron chi connectivity index (χ2n) is 3.31. The van der Waals surface area contributed by atoms with Crippen molar-refractivity contribution in [1.29, 1.82) is 0 Å². The molecule has 0 spiro atoms. The van der Waals surface area contributed by atoms with Gasteiger partial charge in [0.2, 0.25) is 0 Å². The van der Waals surface area contributed by atoms with Crippen LogP contribution in [0.15, 0.2) is 23.6 Å². The number of aryl methyl sites for hydroxylation is 1. The fraction of sp³-hybridized carbons (Fsp3) is 0.0909. The monoisotopic (exact) mass is 254 g/mol. The summed E-state index contributed by atoms with van der Waals surface area (Å²) in [5.74, 6) is -2.64. The topological polar surface area (TPSA) is 42.0 Å². The van der Waals surface area contributed by atoms with E-state index >= 15 is 0 Å². The number of thiazole rings is 1. The highest BCUT2D eigenvalue weighted by Gasteiger charge is 2.13. The molecule has 3 nitrogen and oxygen atoms in total. The third-order valence-corrected chi connectivity index (χ3v) is 2.82. The van der Waals surface area contributed by atoms with E-state index in [1.807, 2.05) is 0 Å². The van der Waals surface area contributed by atoms with E-state index in [4.69, 9.17) is 0 Å². The van der Waals surface area contributed by atoms with Gasteiger partial charge in [-0.25, -0.2) is 13.8 Å². The number of anilines is 1. The minimum atomic E-state index is -1.08. The lowest BCUT2D eigenvalue weighted by Gasteiger charge is -2.04. The summed E-state index contributed by atoms with van der Waals surface area (Å²) in [5.41, 5.74) is -0.00295. The zero-order chi connectivity index (χ0) is 12.4. The first-order chi connectivity index (χ1) is 8.08. The first-order valence-electron chi connectivity index (χ1n) is 4.75. The van der Waals surface area contributed by atoms with Crippen molar-refractivity contribution in [3.63, 3.8) is 0 Å². The van der Waals surface area contributed by atoms with Crippen LogP contribution in [0.3, 0.4) is 0 Å². The minimum Gasteiger partial charge on any atom is -0.318 e. The van der Waals surface area contributed by atoms with Crippen molar-refractivity contribution in [2.45, 2.75) is 6.92 Å². The standard InChI is InChI=1S/C11H8F2N2OS/c1-6-14-9(5-17-6)11(16)15-8-4-2-3-7(12)10(8)13/h2-5H,1H3,(H,15,16). The van der Waals surface area contributed by atoms with Crippen LogP contribution in [0.1, 0.15) is 15.5 Å². The van der Waals surface area contributed by atoms with E-state index in [0.29, 0.717) is 0 Å². The highest BCUT2D eigenvalue weighted by molar-refractivity contribution is 7.09. The lowest BCUT2D eigenvalue weighted by molar-refractivity contribution is 0.102. The Bertz CT molecular complexity index is 568. The summed E-state index contributed by atoms with van der Waals surface area (Å²) in [5, 5.41) is 4.56. The molecule has 0 fully saturated rings. The SMILES string of the molecule is Cc1nc(C(=O)Nc2cccc(F)c2F)cs1. The van der Waals surface area contributed by atoms with Gasteiger partial charge in [0, 0.05) is 5.38 Å². The van der Waals surface area contributed by atoms with Gasteiger partial charge in [0.05, 0.1) is 10.7 Å². The number of hydrogen-bond donors (Lipinski definition) is 1. The first-order valence-corrected chi connectivity index (χ1v) is 5.63. The Morgan fingerprint density at radius 3 is 2.82 bits per heavy atom. The summed E-state index contributed by atoms with van der Waals surface area (Å²) >= 11 is 1.31. The fourth-order valence-electron chi connectivity index (χ4n) is 1.25. The maximum absolute atomic E-state index is 13.3. The Morgan fingerprint density at radius 2 is 2.18 bits per heavy atom. The second-order valence-corrected chi connectivity index (χ2v) is 4.37. The largest absolute Gasteiger partial charge is 0.318 e. The number of carbonyl (C=O) groups is 1. The smallest absolute Gasteiger partial charge is 0.275 e. The van der Waals surface area contributed by atoms with E-state index < -0.39 is 17.5 Å². The third-order valence-electron chi connectivity index (χ3n) is 2.05. The Kier molecular flexibility index (Phi) is 3.14. The molecule has 2 rings (SSSR count). The quantitative estimate of drug-likeness (QED) is 0.895. The van der Waals surface area contributed by atoms with Crippen LogP contribution in [0.25, 0.3) is 0 Å². The Labute approximate surface area is 100 Å². The maximum atomic E-state index is 13.3. The van der Waals surface area contributed by atoms with Crippen LogP contribution in [0, 0.1) is 18.6 Å². The molecule has 0 radical (unpaired) electrons. The van der Waals surface area contributed by atoms with Gasteiger partial charge in [0.25, 0.3) is 5.91 Å². The predicted octanol–water partition coefficient (Wildman–Crippen LogP) is 2.98. The van der Waals surface area contributed by atoms with Crippen LogP contribution in [-0.4, -0.2) is 10.9 Å². The van der Waals surface area contributed by atoms with Gasteiger partial charge in [-0.05, 0) is 19.1 Å². The Balaban J connectivity index is 2.21. The molecular weight excluding hydrogens is 246 g/mol. The van der Waals surface area contributed by atoms with Crippen molar-refractivity contribution in [2.24, 2.45) is 0 Å². The molecule has 1 aromatic heterocycles. The molecule has 1 aromatic carbocycles. The van der Waals surface area contributed by atoms with Crippen molar-refractivity contribution < 1.29 is 13.6 Å². The normalized spacial score (nSPS) is 10.3. The summed E-state index contributed by atoms with van der Waals surface area (Å²) < 4.78 is 26.2. The molecule has 6 heteroatoms. The predicted molar refractivity (Wildman–Crippen MR) is 61.2 cm³/mol. The van der Waals surface area contributed by atoms with Gasteiger partial charge in [-0.1, -0.05) is 6.07 Å². The lowest BCUT2D eigenvalue weighted by atomic mass is 10.3. The van der Waals surface area contributed by atoms with E-state index in [9.17, 15) is 13.6 Å². The minimum absolute atomic E-state index is 0.191. The first kappa shape index (κ1) is 11.7. The van der Waals surface area contributed by atoms with Crippen LogP contribution >= 0.6 is 11.3 Å². The van der Waals surface area contributed by atoms with E-state index in [1.54, 1.807) is 12.3 Å². The average molecular weight is 254 g/mol. The number of aromatic nitrogens is 1. The van der Waals surface area contributed by atoms with Gasteiger partial charge >= 0.3 is 0 Å². The van der Waals surface area contributed by atoms with Gasteiger partial charge in [0.15, 0.2) is 11.6 Å². The van der Waals surface area contributed by atoms with Gasteiger partial charge in [-0.3, -0.25) is 4.79 Å². The van der Waals surface area contributed by atoms with Crippen molar-refractivity contribution in [2.75, 3.05) is 5.32 Å². The maximum Gasteiger partial charge on any atom is 0.275 e. The number of nitrogens with zero attached hydrogens (tertiary/aromatic N) is 1. The summed E-state index contributed by atoms with van der Waals surface area (Å²) in [6, 6.07) is 3.59. The molecule has 0 aliphatic carbocycles. The van der Waals surface area contributed by atoms with Crippen molar-refractivity contribution in [3.05, 3.63) is 45.9 Å². The lowest BCUT2D eigenvalue weighted by Crippen LogP contribution is -2.13. The van der Waals surface area contributed by atoms with Crippen molar-refractivity contribution in [3.8, 4) is 0 Å². The molecule has 0 aliphatic heterocycles. The molecule has 1 N–H and O–H groups in total. The average Bonchev–Trinajstić information content (AvgIpc) is 2.72. The summed E-state index contributed by atoms with van der Waals surface area (Å²) in [7, 11) is 0. The summed E-state index contributed by atoms with van der Waals surface area (Å²) in [6.07, 6.45) is 0. The molecule has 0 saturated carbocycles. The molecule has 0 atom stereocenters. The number of nitrogens with one attached hydrogen (secondary N) is 1. The molecule has 0 unspecified atom stereocenters. The number of carbonyl (C=O) groups excluding carboxylic acids is 1. The number of amides is 1. The van der Waals surface area contributed by atoms with Gasteiger partial charge in [0.1, 0.15) is 5.69 Å².